The van der Waals surface area contributed by atoms with E-state index in [-0.39, 0.29) is 0 Å². The molecule has 3 aromatic rings. The van der Waals surface area contributed by atoms with Crippen LogP contribution in [0, 0.1) is 6.92 Å². The van der Waals surface area contributed by atoms with Crippen molar-refractivity contribution in [2.24, 2.45) is 0 Å². The van der Waals surface area contributed by atoms with E-state index in [0.29, 0.717) is 5.82 Å². The van der Waals surface area contributed by atoms with Gasteiger partial charge in [0.1, 0.15) is 0 Å². The molecule has 0 unspecified atom stereocenters. The summed E-state index contributed by atoms with van der Waals surface area (Å²) in [5.41, 5.74) is 6.10. The van der Waals surface area contributed by atoms with E-state index in [1.165, 1.54) is 0 Å². The molecule has 0 radical (unpaired) electrons. The third kappa shape index (κ3) is 2.59. The molecule has 4 rings (SSSR count). The van der Waals surface area contributed by atoms with Crippen LogP contribution in [0.2, 0.25) is 0 Å². The van der Waals surface area contributed by atoms with Crippen LogP contribution in [-0.2, 0) is 12.8 Å². The highest BCUT2D eigenvalue weighted by Crippen LogP contribution is 2.32. The van der Waals surface area contributed by atoms with E-state index >= 15 is 0 Å². The maximum absolute atomic E-state index is 4.77. The SMILES string of the molecule is CSc1ncc2c(n1)CCc1cnc(-c3ccc(C)nc3)nc1-2. The standard InChI is InChI=1S/C17H15N5S/c1-10-3-4-12(8-18-10)16-19-7-11-5-6-14-13(15(11)22-16)9-20-17(21-14)23-2/h3-4,7-9H,5-6H2,1-2H3. The van der Waals surface area contributed by atoms with Gasteiger partial charge in [-0.15, -0.1) is 0 Å². The van der Waals surface area contributed by atoms with Crippen LogP contribution in [0.25, 0.3) is 22.6 Å². The zero-order valence-corrected chi connectivity index (χ0v) is 13.8. The molecule has 1 aliphatic rings. The lowest BCUT2D eigenvalue weighted by Crippen LogP contribution is -2.10. The molecule has 23 heavy (non-hydrogen) atoms. The number of pyridine rings is 1. The Kier molecular flexibility index (Phi) is 3.53. The summed E-state index contributed by atoms with van der Waals surface area (Å²) < 4.78 is 0. The van der Waals surface area contributed by atoms with E-state index < -0.39 is 0 Å². The molecule has 0 saturated carbocycles. The molecule has 3 heterocycles. The summed E-state index contributed by atoms with van der Waals surface area (Å²) in [6, 6.07) is 3.97. The predicted octanol–water partition coefficient (Wildman–Crippen LogP) is 3.12. The minimum atomic E-state index is 0.693. The van der Waals surface area contributed by atoms with E-state index in [4.69, 9.17) is 4.98 Å². The fourth-order valence-corrected chi connectivity index (χ4v) is 3.06. The van der Waals surface area contributed by atoms with Gasteiger partial charge in [0.15, 0.2) is 11.0 Å². The van der Waals surface area contributed by atoms with Crippen LogP contribution >= 0.6 is 11.8 Å². The van der Waals surface area contributed by atoms with E-state index in [1.54, 1.807) is 11.8 Å². The molecule has 0 aliphatic heterocycles. The van der Waals surface area contributed by atoms with Gasteiger partial charge in [-0.3, -0.25) is 4.98 Å². The predicted molar refractivity (Wildman–Crippen MR) is 90.2 cm³/mol. The number of aryl methyl sites for hydroxylation is 3. The van der Waals surface area contributed by atoms with Crippen LogP contribution in [0.5, 0.6) is 0 Å². The van der Waals surface area contributed by atoms with Gasteiger partial charge < -0.3 is 0 Å². The number of nitrogens with zero attached hydrogens (tertiary/aromatic N) is 5. The second kappa shape index (κ2) is 5.70. The number of fused-ring (bicyclic) bond motifs is 3. The average Bonchev–Trinajstić information content (AvgIpc) is 2.61. The van der Waals surface area contributed by atoms with Crippen molar-refractivity contribution in [2.45, 2.75) is 24.9 Å². The van der Waals surface area contributed by atoms with Gasteiger partial charge in [-0.1, -0.05) is 11.8 Å². The Morgan fingerprint density at radius 2 is 1.87 bits per heavy atom. The molecule has 0 N–H and O–H groups in total. The lowest BCUT2D eigenvalue weighted by molar-refractivity contribution is 0.821. The highest BCUT2D eigenvalue weighted by atomic mass is 32.2. The van der Waals surface area contributed by atoms with Gasteiger partial charge in [0, 0.05) is 35.4 Å². The quantitative estimate of drug-likeness (QED) is 0.534. The van der Waals surface area contributed by atoms with Crippen LogP contribution in [0.15, 0.2) is 35.9 Å². The van der Waals surface area contributed by atoms with Crippen molar-refractivity contribution in [3.8, 4) is 22.6 Å². The highest BCUT2D eigenvalue weighted by molar-refractivity contribution is 7.98. The maximum Gasteiger partial charge on any atom is 0.187 e. The Balaban J connectivity index is 1.82. The monoisotopic (exact) mass is 321 g/mol. The van der Waals surface area contributed by atoms with Crippen LogP contribution in [0.3, 0.4) is 0 Å². The van der Waals surface area contributed by atoms with Crippen molar-refractivity contribution in [1.29, 1.82) is 0 Å². The molecule has 114 valence electrons. The van der Waals surface area contributed by atoms with Crippen molar-refractivity contribution in [3.05, 3.63) is 47.7 Å². The lowest BCUT2D eigenvalue weighted by Gasteiger charge is -2.18. The number of hydrogen-bond acceptors (Lipinski definition) is 6. The second-order valence-corrected chi connectivity index (χ2v) is 6.25. The van der Waals surface area contributed by atoms with Crippen molar-refractivity contribution in [1.82, 2.24) is 24.9 Å². The molecule has 0 saturated heterocycles. The van der Waals surface area contributed by atoms with E-state index in [0.717, 1.165) is 51.8 Å². The first-order valence-corrected chi connectivity index (χ1v) is 8.66. The topological polar surface area (TPSA) is 64.5 Å². The first-order chi connectivity index (χ1) is 11.2. The Bertz CT molecular complexity index is 877. The van der Waals surface area contributed by atoms with Gasteiger partial charge in [0.05, 0.1) is 11.4 Å². The molecule has 6 heteroatoms. The summed E-state index contributed by atoms with van der Waals surface area (Å²) in [6.45, 7) is 1.97. The number of aromatic nitrogens is 5. The van der Waals surface area contributed by atoms with Gasteiger partial charge in [-0.05, 0) is 43.7 Å². The first-order valence-electron chi connectivity index (χ1n) is 7.44. The molecule has 0 aromatic carbocycles. The largest absolute Gasteiger partial charge is 0.261 e. The van der Waals surface area contributed by atoms with E-state index in [9.17, 15) is 0 Å². The third-order valence-electron chi connectivity index (χ3n) is 3.95. The Morgan fingerprint density at radius 1 is 0.957 bits per heavy atom. The summed E-state index contributed by atoms with van der Waals surface area (Å²) in [5.74, 6) is 0.693. The second-order valence-electron chi connectivity index (χ2n) is 5.47. The third-order valence-corrected chi connectivity index (χ3v) is 4.51. The van der Waals surface area contributed by atoms with Gasteiger partial charge in [-0.2, -0.15) is 0 Å². The molecule has 0 atom stereocenters. The lowest BCUT2D eigenvalue weighted by atomic mass is 9.94. The van der Waals surface area contributed by atoms with Gasteiger partial charge >= 0.3 is 0 Å². The molecule has 0 fully saturated rings. The van der Waals surface area contributed by atoms with Gasteiger partial charge in [0.2, 0.25) is 0 Å². The number of hydrogen-bond donors (Lipinski definition) is 0. The maximum atomic E-state index is 4.77. The van der Waals surface area contributed by atoms with Crippen LogP contribution in [0.1, 0.15) is 17.0 Å². The van der Waals surface area contributed by atoms with Crippen molar-refractivity contribution < 1.29 is 0 Å². The molecule has 5 nitrogen and oxygen atoms in total. The molecule has 3 aromatic heterocycles. The smallest absolute Gasteiger partial charge is 0.187 e. The van der Waals surface area contributed by atoms with Crippen LogP contribution < -0.4 is 0 Å². The summed E-state index contributed by atoms with van der Waals surface area (Å²) in [5, 5.41) is 0.809. The fourth-order valence-electron chi connectivity index (χ4n) is 2.70. The zero-order valence-electron chi connectivity index (χ0n) is 12.9. The first kappa shape index (κ1) is 14.3. The summed E-state index contributed by atoms with van der Waals surface area (Å²) in [6.07, 6.45) is 9.43. The van der Waals surface area contributed by atoms with Crippen molar-refractivity contribution in [3.63, 3.8) is 0 Å². The minimum absolute atomic E-state index is 0.693. The molecule has 1 aliphatic carbocycles. The van der Waals surface area contributed by atoms with Gasteiger partial charge in [-0.25, -0.2) is 19.9 Å². The number of rotatable bonds is 2. The Labute approximate surface area is 138 Å². The van der Waals surface area contributed by atoms with Crippen LogP contribution in [0.4, 0.5) is 0 Å². The Morgan fingerprint density at radius 3 is 2.65 bits per heavy atom. The average molecular weight is 321 g/mol. The molecule has 0 bridgehead atoms. The summed E-state index contributed by atoms with van der Waals surface area (Å²) in [4.78, 5) is 22.6. The molecular weight excluding hydrogens is 306 g/mol. The Hall–Kier alpha value is -2.34. The van der Waals surface area contributed by atoms with Gasteiger partial charge in [0.25, 0.3) is 0 Å². The fraction of sp³-hybridized carbons (Fsp3) is 0.235. The zero-order chi connectivity index (χ0) is 15.8. The summed E-state index contributed by atoms with van der Waals surface area (Å²) in [7, 11) is 0. The van der Waals surface area contributed by atoms with E-state index in [2.05, 4.69) is 19.9 Å². The van der Waals surface area contributed by atoms with E-state index in [1.807, 2.05) is 43.9 Å². The van der Waals surface area contributed by atoms with Crippen LogP contribution in [-0.4, -0.2) is 31.2 Å². The highest BCUT2D eigenvalue weighted by Gasteiger charge is 2.21. The normalized spacial score (nSPS) is 12.6. The molecular formula is C17H15N5S. The number of thioether (sulfide) groups is 1. The van der Waals surface area contributed by atoms with Crippen molar-refractivity contribution >= 4 is 11.8 Å². The minimum Gasteiger partial charge on any atom is -0.261 e. The molecule has 0 spiro atoms. The molecule has 0 amide bonds. The van der Waals surface area contributed by atoms with Crippen molar-refractivity contribution in [2.75, 3.05) is 6.26 Å². The summed E-state index contributed by atoms with van der Waals surface area (Å²) >= 11 is 1.56.